The molecule has 25 heavy (non-hydrogen) atoms. The summed E-state index contributed by atoms with van der Waals surface area (Å²) in [6.07, 6.45) is -4.41. The van der Waals surface area contributed by atoms with Crippen LogP contribution in [-0.2, 0) is 28.8 Å². The fourth-order valence-electron chi connectivity index (χ4n) is 2.08. The van der Waals surface area contributed by atoms with E-state index in [1.54, 1.807) is 31.2 Å². The maximum absolute atomic E-state index is 12.5. The lowest BCUT2D eigenvalue weighted by Gasteiger charge is -2.07. The molecule has 0 radical (unpaired) electrons. The number of rotatable bonds is 6. The summed E-state index contributed by atoms with van der Waals surface area (Å²) in [6.45, 7) is 1.77. The van der Waals surface area contributed by atoms with E-state index in [1.807, 2.05) is 0 Å². The fourth-order valence-corrected chi connectivity index (χ4v) is 2.08. The van der Waals surface area contributed by atoms with E-state index in [1.165, 1.54) is 12.1 Å². The highest BCUT2D eigenvalue weighted by Gasteiger charge is 2.29. The molecular formula is C18H16F3NO3. The molecule has 0 heterocycles. The Bertz CT molecular complexity index is 751. The minimum Gasteiger partial charge on any atom is -0.481 e. The van der Waals surface area contributed by atoms with Gasteiger partial charge in [0.2, 0.25) is 0 Å². The van der Waals surface area contributed by atoms with Gasteiger partial charge in [-0.15, -0.1) is 0 Å². The number of oxime groups is 1. The Balaban J connectivity index is 1.93. The standard InChI is InChI=1S/C18H16F3NO3/c1-12(15-6-2-13(3-7-15)10-17(23)24)22-25-11-14-4-8-16(9-5-14)18(19,20)21/h2-9H,10-11H2,1H3,(H,23,24)/b22-12+. The summed E-state index contributed by atoms with van der Waals surface area (Å²) in [5.74, 6) is -0.905. The second kappa shape index (κ2) is 7.83. The molecular weight excluding hydrogens is 335 g/mol. The van der Waals surface area contributed by atoms with Crippen LogP contribution in [0.4, 0.5) is 13.2 Å². The number of carbonyl (C=O) groups is 1. The third-order valence-electron chi connectivity index (χ3n) is 3.44. The molecule has 0 amide bonds. The van der Waals surface area contributed by atoms with Crippen LogP contribution in [0.3, 0.4) is 0 Å². The number of benzene rings is 2. The SMILES string of the molecule is C/C(=N\OCc1ccc(C(F)(F)F)cc1)c1ccc(CC(=O)O)cc1. The van der Waals surface area contributed by atoms with Crippen LogP contribution in [0.5, 0.6) is 0 Å². The first kappa shape index (κ1) is 18.5. The molecule has 0 saturated heterocycles. The molecule has 0 aliphatic rings. The molecule has 4 nitrogen and oxygen atoms in total. The largest absolute Gasteiger partial charge is 0.481 e. The van der Waals surface area contributed by atoms with E-state index in [4.69, 9.17) is 9.94 Å². The smallest absolute Gasteiger partial charge is 0.416 e. The van der Waals surface area contributed by atoms with Gasteiger partial charge in [-0.2, -0.15) is 13.2 Å². The Kier molecular flexibility index (Phi) is 5.80. The molecule has 0 spiro atoms. The second-order valence-corrected chi connectivity index (χ2v) is 5.41. The maximum atomic E-state index is 12.5. The molecule has 0 aliphatic carbocycles. The monoisotopic (exact) mass is 351 g/mol. The van der Waals surface area contributed by atoms with Crippen molar-refractivity contribution in [2.45, 2.75) is 26.1 Å². The van der Waals surface area contributed by atoms with Crippen molar-refractivity contribution in [2.75, 3.05) is 0 Å². The molecule has 0 unspecified atom stereocenters. The van der Waals surface area contributed by atoms with Crippen LogP contribution in [0.25, 0.3) is 0 Å². The van der Waals surface area contributed by atoms with E-state index in [9.17, 15) is 18.0 Å². The zero-order valence-corrected chi connectivity index (χ0v) is 13.4. The van der Waals surface area contributed by atoms with Crippen molar-refractivity contribution in [3.05, 3.63) is 70.8 Å². The van der Waals surface area contributed by atoms with Crippen molar-refractivity contribution in [1.29, 1.82) is 0 Å². The van der Waals surface area contributed by atoms with Gasteiger partial charge in [0.25, 0.3) is 0 Å². The van der Waals surface area contributed by atoms with E-state index in [0.717, 1.165) is 17.7 Å². The molecule has 7 heteroatoms. The third kappa shape index (κ3) is 5.63. The second-order valence-electron chi connectivity index (χ2n) is 5.41. The molecule has 1 N–H and O–H groups in total. The molecule has 0 atom stereocenters. The van der Waals surface area contributed by atoms with Crippen molar-refractivity contribution in [2.24, 2.45) is 5.16 Å². The average Bonchev–Trinajstić information content (AvgIpc) is 2.54. The zero-order valence-electron chi connectivity index (χ0n) is 13.4. The molecule has 0 fully saturated rings. The van der Waals surface area contributed by atoms with Gasteiger partial charge < -0.3 is 9.94 Å². The van der Waals surface area contributed by atoms with Crippen LogP contribution in [0.15, 0.2) is 53.7 Å². The van der Waals surface area contributed by atoms with Gasteiger partial charge in [0.15, 0.2) is 0 Å². The topological polar surface area (TPSA) is 58.9 Å². The summed E-state index contributed by atoms with van der Waals surface area (Å²) in [5.41, 5.74) is 1.88. The fraction of sp³-hybridized carbons (Fsp3) is 0.222. The summed E-state index contributed by atoms with van der Waals surface area (Å²) in [6, 6.07) is 11.5. The van der Waals surface area contributed by atoms with Crippen molar-refractivity contribution >= 4 is 11.7 Å². The van der Waals surface area contributed by atoms with Crippen LogP contribution < -0.4 is 0 Å². The number of hydrogen-bond acceptors (Lipinski definition) is 3. The number of hydrogen-bond donors (Lipinski definition) is 1. The Labute approximate surface area is 142 Å². The Morgan fingerprint density at radius 3 is 2.12 bits per heavy atom. The lowest BCUT2D eigenvalue weighted by atomic mass is 10.1. The van der Waals surface area contributed by atoms with Crippen LogP contribution >= 0.6 is 0 Å². The first-order chi connectivity index (χ1) is 11.8. The van der Waals surface area contributed by atoms with E-state index < -0.39 is 17.7 Å². The highest BCUT2D eigenvalue weighted by molar-refractivity contribution is 5.98. The molecule has 0 bridgehead atoms. The quantitative estimate of drug-likeness (QED) is 0.624. The van der Waals surface area contributed by atoms with E-state index in [-0.39, 0.29) is 13.0 Å². The lowest BCUT2D eigenvalue weighted by molar-refractivity contribution is -0.138. The number of aliphatic carboxylic acids is 1. The first-order valence-corrected chi connectivity index (χ1v) is 7.39. The maximum Gasteiger partial charge on any atom is 0.416 e. The number of nitrogens with zero attached hydrogens (tertiary/aromatic N) is 1. The third-order valence-corrected chi connectivity index (χ3v) is 3.44. The minimum atomic E-state index is -4.36. The summed E-state index contributed by atoms with van der Waals surface area (Å²) < 4.78 is 37.4. The van der Waals surface area contributed by atoms with Crippen LogP contribution in [0, 0.1) is 0 Å². The summed E-state index contributed by atoms with van der Waals surface area (Å²) in [7, 11) is 0. The normalized spacial score (nSPS) is 12.1. The Hall–Kier alpha value is -2.83. The van der Waals surface area contributed by atoms with Crippen molar-refractivity contribution in [3.63, 3.8) is 0 Å². The highest BCUT2D eigenvalue weighted by atomic mass is 19.4. The van der Waals surface area contributed by atoms with Gasteiger partial charge in [-0.3, -0.25) is 4.79 Å². The van der Waals surface area contributed by atoms with Gasteiger partial charge in [0.1, 0.15) is 6.61 Å². The van der Waals surface area contributed by atoms with Crippen LogP contribution in [-0.4, -0.2) is 16.8 Å². The average molecular weight is 351 g/mol. The number of halogens is 3. The predicted octanol–water partition coefficient (Wildman–Crippen LogP) is 4.27. The van der Waals surface area contributed by atoms with E-state index >= 15 is 0 Å². The highest BCUT2D eigenvalue weighted by Crippen LogP contribution is 2.29. The van der Waals surface area contributed by atoms with Crippen LogP contribution in [0.1, 0.15) is 29.2 Å². The first-order valence-electron chi connectivity index (χ1n) is 7.39. The summed E-state index contributed by atoms with van der Waals surface area (Å²) >= 11 is 0. The molecule has 0 saturated carbocycles. The molecule has 2 rings (SSSR count). The number of alkyl halides is 3. The summed E-state index contributed by atoms with van der Waals surface area (Å²) in [4.78, 5) is 15.8. The van der Waals surface area contributed by atoms with Gasteiger partial charge in [-0.25, -0.2) is 0 Å². The number of carboxylic acid groups (broad SMARTS) is 1. The van der Waals surface area contributed by atoms with E-state index in [2.05, 4.69) is 5.16 Å². The molecule has 2 aromatic carbocycles. The van der Waals surface area contributed by atoms with Crippen molar-refractivity contribution in [1.82, 2.24) is 0 Å². The van der Waals surface area contributed by atoms with Gasteiger partial charge in [-0.1, -0.05) is 41.6 Å². The van der Waals surface area contributed by atoms with Gasteiger partial charge in [-0.05, 0) is 35.7 Å². The lowest BCUT2D eigenvalue weighted by Crippen LogP contribution is -2.04. The zero-order chi connectivity index (χ0) is 18.4. The number of carboxylic acids is 1. The van der Waals surface area contributed by atoms with Crippen LogP contribution in [0.2, 0.25) is 0 Å². The van der Waals surface area contributed by atoms with Crippen molar-refractivity contribution < 1.29 is 27.9 Å². The molecule has 0 aliphatic heterocycles. The van der Waals surface area contributed by atoms with Gasteiger partial charge in [0.05, 0.1) is 17.7 Å². The van der Waals surface area contributed by atoms with Gasteiger partial charge in [0, 0.05) is 0 Å². The van der Waals surface area contributed by atoms with Crippen molar-refractivity contribution in [3.8, 4) is 0 Å². The minimum absolute atomic E-state index is 0.0482. The predicted molar refractivity (Wildman–Crippen MR) is 86.2 cm³/mol. The molecule has 0 aromatic heterocycles. The summed E-state index contributed by atoms with van der Waals surface area (Å²) in [5, 5.41) is 12.7. The van der Waals surface area contributed by atoms with Gasteiger partial charge >= 0.3 is 12.1 Å². The Morgan fingerprint density at radius 1 is 1.04 bits per heavy atom. The Morgan fingerprint density at radius 2 is 1.60 bits per heavy atom. The molecule has 132 valence electrons. The van der Waals surface area contributed by atoms with E-state index in [0.29, 0.717) is 16.8 Å². The molecule has 2 aromatic rings.